The van der Waals surface area contributed by atoms with Gasteiger partial charge >= 0.3 is 0 Å². The van der Waals surface area contributed by atoms with Crippen LogP contribution in [0, 0.1) is 0 Å². The number of amides is 1. The first-order valence-electron chi connectivity index (χ1n) is 7.34. The van der Waals surface area contributed by atoms with Crippen molar-refractivity contribution in [3.8, 4) is 0 Å². The van der Waals surface area contributed by atoms with Gasteiger partial charge in [0, 0.05) is 17.7 Å². The summed E-state index contributed by atoms with van der Waals surface area (Å²) in [4.78, 5) is 20.2. The topological polar surface area (TPSA) is 58.1 Å². The number of quaternary nitrogens is 1. The molecule has 0 bridgehead atoms. The lowest BCUT2D eigenvalue weighted by molar-refractivity contribution is -0.869. The predicted octanol–water partition coefficient (Wildman–Crippen LogP) is 2.34. The molecule has 0 atom stereocenters. The number of para-hydroxylation sites is 1. The third-order valence-electron chi connectivity index (χ3n) is 3.72. The standard InChI is InChI=1S/C16H20N5O/c1-21(2,19-14-6-4-3-5-7-14)20(12-22)16-10-15(13-8-9-13)17-11-18-16/h3-7,10-13,19H,8-9H2,1-2H3/q+1. The molecular weight excluding hydrogens is 278 g/mol. The van der Waals surface area contributed by atoms with Gasteiger partial charge in [-0.05, 0) is 25.0 Å². The largest absolute Gasteiger partial charge is 0.273 e. The first kappa shape index (κ1) is 14.5. The Balaban J connectivity index is 1.85. The normalized spacial score (nSPS) is 14.5. The molecule has 1 aromatic carbocycles. The zero-order chi connectivity index (χ0) is 15.6. The van der Waals surface area contributed by atoms with Crippen molar-refractivity contribution in [2.75, 3.05) is 24.5 Å². The van der Waals surface area contributed by atoms with E-state index in [9.17, 15) is 4.79 Å². The van der Waals surface area contributed by atoms with Gasteiger partial charge in [0.05, 0.1) is 5.69 Å². The van der Waals surface area contributed by atoms with Crippen LogP contribution in [0.1, 0.15) is 24.5 Å². The van der Waals surface area contributed by atoms with E-state index in [4.69, 9.17) is 0 Å². The highest BCUT2D eigenvalue weighted by Gasteiger charge is 2.31. The Labute approximate surface area is 129 Å². The minimum absolute atomic E-state index is 0.134. The number of benzene rings is 1. The van der Waals surface area contributed by atoms with Crippen molar-refractivity contribution in [3.63, 3.8) is 0 Å². The van der Waals surface area contributed by atoms with Crippen molar-refractivity contribution >= 4 is 17.9 Å². The first-order valence-corrected chi connectivity index (χ1v) is 7.34. The second-order valence-corrected chi connectivity index (χ2v) is 5.90. The molecule has 1 saturated carbocycles. The molecule has 1 fully saturated rings. The van der Waals surface area contributed by atoms with Crippen LogP contribution < -0.4 is 10.4 Å². The minimum Gasteiger partial charge on any atom is -0.273 e. The zero-order valence-corrected chi connectivity index (χ0v) is 12.8. The summed E-state index contributed by atoms with van der Waals surface area (Å²) in [6.45, 7) is 0. The monoisotopic (exact) mass is 298 g/mol. The lowest BCUT2D eigenvalue weighted by Gasteiger charge is -2.35. The van der Waals surface area contributed by atoms with Gasteiger partial charge in [-0.2, -0.15) is 0 Å². The first-order chi connectivity index (χ1) is 10.6. The number of nitrogens with zero attached hydrogens (tertiary/aromatic N) is 4. The average Bonchev–Trinajstić information content (AvgIpc) is 3.33. The molecule has 114 valence electrons. The zero-order valence-electron chi connectivity index (χ0n) is 12.8. The molecule has 0 unspecified atom stereocenters. The number of nitrogens with one attached hydrogen (secondary N) is 1. The fourth-order valence-electron chi connectivity index (χ4n) is 2.40. The molecule has 22 heavy (non-hydrogen) atoms. The van der Waals surface area contributed by atoms with E-state index < -0.39 is 0 Å². The van der Waals surface area contributed by atoms with Gasteiger partial charge in [0.25, 0.3) is 6.41 Å². The fraction of sp³-hybridized carbons (Fsp3) is 0.312. The van der Waals surface area contributed by atoms with Crippen LogP contribution in [0.25, 0.3) is 0 Å². The molecule has 6 heteroatoms. The summed E-state index contributed by atoms with van der Waals surface area (Å²) < 4.78 is 0.134. The van der Waals surface area contributed by atoms with Crippen LogP contribution in [0.15, 0.2) is 42.7 Å². The van der Waals surface area contributed by atoms with E-state index in [0.29, 0.717) is 11.7 Å². The van der Waals surface area contributed by atoms with E-state index in [1.54, 1.807) is 5.01 Å². The van der Waals surface area contributed by atoms with Gasteiger partial charge in [0.2, 0.25) is 0 Å². The maximum Gasteiger partial charge on any atom is 0.265 e. The van der Waals surface area contributed by atoms with Crippen LogP contribution in [0.2, 0.25) is 0 Å². The Morgan fingerprint density at radius 2 is 1.95 bits per heavy atom. The van der Waals surface area contributed by atoms with E-state index in [1.165, 1.54) is 6.33 Å². The van der Waals surface area contributed by atoms with Crippen molar-refractivity contribution in [2.45, 2.75) is 18.8 Å². The average molecular weight is 298 g/mol. The summed E-state index contributed by atoms with van der Waals surface area (Å²) in [6.07, 6.45) is 4.65. The molecule has 1 heterocycles. The highest BCUT2D eigenvalue weighted by atomic mass is 16.2. The van der Waals surface area contributed by atoms with Gasteiger partial charge in [0.1, 0.15) is 20.4 Å². The van der Waals surface area contributed by atoms with Gasteiger partial charge in [-0.3, -0.25) is 4.79 Å². The molecule has 1 aromatic heterocycles. The maximum atomic E-state index is 11.6. The molecule has 0 saturated heterocycles. The Morgan fingerprint density at radius 1 is 1.23 bits per heavy atom. The van der Waals surface area contributed by atoms with Crippen molar-refractivity contribution in [2.24, 2.45) is 0 Å². The van der Waals surface area contributed by atoms with Gasteiger partial charge in [-0.1, -0.05) is 18.2 Å². The van der Waals surface area contributed by atoms with E-state index in [2.05, 4.69) is 15.4 Å². The quantitative estimate of drug-likeness (QED) is 0.505. The van der Waals surface area contributed by atoms with Crippen LogP contribution in [-0.4, -0.2) is 35.2 Å². The molecule has 0 radical (unpaired) electrons. The van der Waals surface area contributed by atoms with Gasteiger partial charge in [0.15, 0.2) is 5.82 Å². The molecule has 0 aliphatic heterocycles. The van der Waals surface area contributed by atoms with Crippen LogP contribution in [0.5, 0.6) is 0 Å². The van der Waals surface area contributed by atoms with E-state index in [0.717, 1.165) is 30.6 Å². The predicted molar refractivity (Wildman–Crippen MR) is 84.7 cm³/mol. The molecule has 0 spiro atoms. The van der Waals surface area contributed by atoms with Crippen LogP contribution in [0.3, 0.4) is 0 Å². The van der Waals surface area contributed by atoms with Crippen molar-refractivity contribution in [1.29, 1.82) is 0 Å². The van der Waals surface area contributed by atoms with Gasteiger partial charge in [-0.15, -0.1) is 9.71 Å². The minimum atomic E-state index is 0.134. The summed E-state index contributed by atoms with van der Waals surface area (Å²) in [7, 11) is 3.78. The molecular formula is C16H20N5O+. The van der Waals surface area contributed by atoms with Gasteiger partial charge in [-0.25, -0.2) is 15.4 Å². The lowest BCUT2D eigenvalue weighted by Crippen LogP contribution is -2.58. The molecule has 1 amide bonds. The number of carbonyl (C=O) groups excluding carboxylic acids is 1. The number of hydrogen-bond donors (Lipinski definition) is 1. The van der Waals surface area contributed by atoms with Crippen LogP contribution in [-0.2, 0) is 4.79 Å². The molecule has 3 rings (SSSR count). The molecule has 1 aliphatic rings. The van der Waals surface area contributed by atoms with Crippen molar-refractivity contribution in [1.82, 2.24) is 9.97 Å². The van der Waals surface area contributed by atoms with Crippen molar-refractivity contribution in [3.05, 3.63) is 48.4 Å². The number of hydrogen-bond acceptors (Lipinski definition) is 4. The van der Waals surface area contributed by atoms with Crippen LogP contribution >= 0.6 is 0 Å². The fourth-order valence-corrected chi connectivity index (χ4v) is 2.40. The van der Waals surface area contributed by atoms with Crippen LogP contribution in [0.4, 0.5) is 11.5 Å². The van der Waals surface area contributed by atoms with Crippen molar-refractivity contribution < 1.29 is 9.50 Å². The van der Waals surface area contributed by atoms with E-state index >= 15 is 0 Å². The summed E-state index contributed by atoms with van der Waals surface area (Å²) in [5, 5.41) is 1.54. The maximum absolute atomic E-state index is 11.6. The number of rotatable bonds is 6. The third kappa shape index (κ3) is 3.07. The number of carbonyl (C=O) groups is 1. The summed E-state index contributed by atoms with van der Waals surface area (Å²) in [5.41, 5.74) is 5.24. The molecule has 6 nitrogen and oxygen atoms in total. The SMILES string of the molecule is C[N+](C)(Nc1ccccc1)N(C=O)c1cc(C2CC2)ncn1. The molecule has 1 N–H and O–H groups in total. The smallest absolute Gasteiger partial charge is 0.265 e. The van der Waals surface area contributed by atoms with Gasteiger partial charge < -0.3 is 0 Å². The Morgan fingerprint density at radius 3 is 2.59 bits per heavy atom. The summed E-state index contributed by atoms with van der Waals surface area (Å²) in [6, 6.07) is 11.7. The molecule has 2 aromatic rings. The summed E-state index contributed by atoms with van der Waals surface area (Å²) in [5.74, 6) is 1.12. The Bertz CT molecular complexity index is 655. The second kappa shape index (κ2) is 5.73. The lowest BCUT2D eigenvalue weighted by atomic mass is 10.3. The highest BCUT2D eigenvalue weighted by molar-refractivity contribution is 5.69. The Hall–Kier alpha value is -2.47. The number of anilines is 2. The third-order valence-corrected chi connectivity index (χ3v) is 3.72. The number of aromatic nitrogens is 2. The Kier molecular flexibility index (Phi) is 3.77. The molecule has 1 aliphatic carbocycles. The summed E-state index contributed by atoms with van der Waals surface area (Å²) >= 11 is 0. The van der Waals surface area contributed by atoms with E-state index in [-0.39, 0.29) is 4.70 Å². The highest BCUT2D eigenvalue weighted by Crippen LogP contribution is 2.39. The van der Waals surface area contributed by atoms with E-state index in [1.807, 2.05) is 50.5 Å². The second-order valence-electron chi connectivity index (χ2n) is 5.90.